The van der Waals surface area contributed by atoms with Crippen LogP contribution in [0.25, 0.3) is 0 Å². The van der Waals surface area contributed by atoms with Crippen molar-refractivity contribution in [3.8, 4) is 0 Å². The lowest BCUT2D eigenvalue weighted by molar-refractivity contribution is -0.123. The normalized spacial score (nSPS) is 17.9. The van der Waals surface area contributed by atoms with E-state index in [9.17, 15) is 14.4 Å². The molecule has 156 valence electrons. The Morgan fingerprint density at radius 1 is 1.10 bits per heavy atom. The Hall–Kier alpha value is -2.99. The van der Waals surface area contributed by atoms with Gasteiger partial charge in [-0.15, -0.1) is 0 Å². The van der Waals surface area contributed by atoms with Crippen LogP contribution in [0, 0.1) is 5.92 Å². The molecule has 1 saturated heterocycles. The standard InChI is InChI=1S/C24H27N3O3/c25-24(30)21(15-22(28)18-6-7-20-19(13-18)14-23(29)26-20)27-10-8-17(9-11-27)12-16-4-2-1-3-5-16/h1-7,13,17,21H,8-12,14-15H2,(H2,25,30)(H,26,29). The molecule has 6 heteroatoms. The van der Waals surface area contributed by atoms with Crippen molar-refractivity contribution in [2.45, 2.75) is 38.1 Å². The Morgan fingerprint density at radius 2 is 1.83 bits per heavy atom. The number of carbonyl (C=O) groups is 3. The summed E-state index contributed by atoms with van der Waals surface area (Å²) < 4.78 is 0. The fourth-order valence-corrected chi connectivity index (χ4v) is 4.52. The molecule has 4 rings (SSSR count). The number of hydrogen-bond acceptors (Lipinski definition) is 4. The highest BCUT2D eigenvalue weighted by atomic mass is 16.2. The number of amides is 2. The maximum atomic E-state index is 12.8. The van der Waals surface area contributed by atoms with Crippen LogP contribution < -0.4 is 11.1 Å². The summed E-state index contributed by atoms with van der Waals surface area (Å²) in [6.45, 7) is 1.53. The Morgan fingerprint density at radius 3 is 2.53 bits per heavy atom. The smallest absolute Gasteiger partial charge is 0.235 e. The first kappa shape index (κ1) is 20.3. The molecule has 2 aromatic carbocycles. The molecule has 3 N–H and O–H groups in total. The Kier molecular flexibility index (Phi) is 5.95. The van der Waals surface area contributed by atoms with Gasteiger partial charge in [0.1, 0.15) is 0 Å². The van der Waals surface area contributed by atoms with Crippen LogP contribution in [0.3, 0.4) is 0 Å². The molecule has 2 aliphatic heterocycles. The number of rotatable bonds is 7. The number of piperidine rings is 1. The third kappa shape index (κ3) is 4.60. The largest absolute Gasteiger partial charge is 0.368 e. The first-order valence-corrected chi connectivity index (χ1v) is 10.5. The Labute approximate surface area is 176 Å². The van der Waals surface area contributed by atoms with Crippen LogP contribution in [0.15, 0.2) is 48.5 Å². The average Bonchev–Trinajstić information content (AvgIpc) is 3.12. The second-order valence-electron chi connectivity index (χ2n) is 8.31. The predicted molar refractivity (Wildman–Crippen MR) is 115 cm³/mol. The molecule has 2 aromatic rings. The van der Waals surface area contributed by atoms with Crippen LogP contribution in [-0.2, 0) is 22.4 Å². The van der Waals surface area contributed by atoms with E-state index in [4.69, 9.17) is 5.73 Å². The van der Waals surface area contributed by atoms with Crippen LogP contribution in [0.2, 0.25) is 0 Å². The van der Waals surface area contributed by atoms with Gasteiger partial charge >= 0.3 is 0 Å². The number of nitrogens with zero attached hydrogens (tertiary/aromatic N) is 1. The van der Waals surface area contributed by atoms with Crippen LogP contribution >= 0.6 is 0 Å². The fourth-order valence-electron chi connectivity index (χ4n) is 4.52. The molecule has 1 fully saturated rings. The van der Waals surface area contributed by atoms with E-state index in [2.05, 4.69) is 34.5 Å². The van der Waals surface area contributed by atoms with E-state index in [-0.39, 0.29) is 24.5 Å². The topological polar surface area (TPSA) is 92.5 Å². The van der Waals surface area contributed by atoms with Gasteiger partial charge in [-0.05, 0) is 67.6 Å². The van der Waals surface area contributed by atoms with Crippen molar-refractivity contribution in [3.63, 3.8) is 0 Å². The van der Waals surface area contributed by atoms with Gasteiger partial charge in [-0.25, -0.2) is 0 Å². The lowest BCUT2D eigenvalue weighted by atomic mass is 9.89. The summed E-state index contributed by atoms with van der Waals surface area (Å²) in [5.41, 5.74) is 9.11. The third-order valence-corrected chi connectivity index (χ3v) is 6.22. The van der Waals surface area contributed by atoms with Gasteiger partial charge in [0.2, 0.25) is 11.8 Å². The number of nitrogens with one attached hydrogen (secondary N) is 1. The van der Waals surface area contributed by atoms with Crippen LogP contribution in [-0.4, -0.2) is 41.6 Å². The number of carbonyl (C=O) groups excluding carboxylic acids is 3. The molecule has 1 unspecified atom stereocenters. The van der Waals surface area contributed by atoms with Crippen molar-refractivity contribution in [2.75, 3.05) is 18.4 Å². The maximum Gasteiger partial charge on any atom is 0.235 e. The Balaban J connectivity index is 1.36. The van der Waals surface area contributed by atoms with Crippen molar-refractivity contribution in [2.24, 2.45) is 11.7 Å². The van der Waals surface area contributed by atoms with Gasteiger partial charge in [0, 0.05) is 17.7 Å². The highest BCUT2D eigenvalue weighted by Gasteiger charge is 2.31. The number of hydrogen-bond donors (Lipinski definition) is 2. The average molecular weight is 405 g/mol. The lowest BCUT2D eigenvalue weighted by Crippen LogP contribution is -2.49. The van der Waals surface area contributed by atoms with E-state index in [1.807, 2.05) is 6.07 Å². The summed E-state index contributed by atoms with van der Waals surface area (Å²) in [7, 11) is 0. The molecular weight excluding hydrogens is 378 g/mol. The number of nitrogens with two attached hydrogens (primary N) is 1. The zero-order chi connectivity index (χ0) is 21.1. The Bertz CT molecular complexity index is 949. The predicted octanol–water partition coefficient (Wildman–Crippen LogP) is 2.56. The molecule has 0 saturated carbocycles. The van der Waals surface area contributed by atoms with Gasteiger partial charge in [0.25, 0.3) is 0 Å². The molecular formula is C24H27N3O3. The zero-order valence-electron chi connectivity index (χ0n) is 17.0. The second-order valence-corrected chi connectivity index (χ2v) is 8.31. The van der Waals surface area contributed by atoms with E-state index >= 15 is 0 Å². The summed E-state index contributed by atoms with van der Waals surface area (Å²) >= 11 is 0. The molecule has 0 bridgehead atoms. The number of ketones is 1. The quantitative estimate of drug-likeness (QED) is 0.693. The zero-order valence-corrected chi connectivity index (χ0v) is 17.0. The highest BCUT2D eigenvalue weighted by Crippen LogP contribution is 2.26. The van der Waals surface area contributed by atoms with Crippen molar-refractivity contribution < 1.29 is 14.4 Å². The minimum atomic E-state index is -0.594. The third-order valence-electron chi connectivity index (χ3n) is 6.22. The fraction of sp³-hybridized carbons (Fsp3) is 0.375. The molecule has 30 heavy (non-hydrogen) atoms. The second kappa shape index (κ2) is 8.79. The van der Waals surface area contributed by atoms with E-state index in [0.29, 0.717) is 11.5 Å². The monoisotopic (exact) mass is 405 g/mol. The highest BCUT2D eigenvalue weighted by molar-refractivity contribution is 6.03. The first-order chi connectivity index (χ1) is 14.5. The van der Waals surface area contributed by atoms with Gasteiger partial charge < -0.3 is 11.1 Å². The van der Waals surface area contributed by atoms with Crippen LogP contribution in [0.5, 0.6) is 0 Å². The van der Waals surface area contributed by atoms with Crippen LogP contribution in [0.4, 0.5) is 5.69 Å². The number of primary amides is 1. The minimum absolute atomic E-state index is 0.0667. The number of benzene rings is 2. The van der Waals surface area contributed by atoms with Crippen molar-refractivity contribution >= 4 is 23.3 Å². The molecule has 0 aromatic heterocycles. The van der Waals surface area contributed by atoms with Crippen molar-refractivity contribution in [1.82, 2.24) is 4.90 Å². The number of Topliss-reactive ketones (excluding diaryl/α,β-unsaturated/α-hetero) is 1. The molecule has 0 aliphatic carbocycles. The van der Waals surface area contributed by atoms with E-state index in [1.54, 1.807) is 18.2 Å². The SMILES string of the molecule is NC(=O)C(CC(=O)c1ccc2c(c1)CC(=O)N2)N1CCC(Cc2ccccc2)CC1. The molecule has 0 radical (unpaired) electrons. The van der Waals surface area contributed by atoms with E-state index in [0.717, 1.165) is 43.6 Å². The van der Waals surface area contributed by atoms with E-state index in [1.165, 1.54) is 5.56 Å². The minimum Gasteiger partial charge on any atom is -0.368 e. The van der Waals surface area contributed by atoms with Gasteiger partial charge in [0.15, 0.2) is 5.78 Å². The summed E-state index contributed by atoms with van der Waals surface area (Å²) in [5, 5.41) is 2.76. The summed E-state index contributed by atoms with van der Waals surface area (Å²) in [5.74, 6) is -0.0622. The summed E-state index contributed by atoms with van der Waals surface area (Å²) in [6, 6.07) is 15.1. The molecule has 2 heterocycles. The molecule has 0 spiro atoms. The number of fused-ring (bicyclic) bond motifs is 1. The molecule has 1 atom stereocenters. The van der Waals surface area contributed by atoms with Gasteiger partial charge in [0.05, 0.1) is 12.5 Å². The van der Waals surface area contributed by atoms with E-state index < -0.39 is 11.9 Å². The summed E-state index contributed by atoms with van der Waals surface area (Å²) in [4.78, 5) is 38.6. The summed E-state index contributed by atoms with van der Waals surface area (Å²) in [6.07, 6.45) is 3.36. The van der Waals surface area contributed by atoms with Crippen molar-refractivity contribution in [1.29, 1.82) is 0 Å². The van der Waals surface area contributed by atoms with Crippen molar-refractivity contribution in [3.05, 3.63) is 65.2 Å². The number of anilines is 1. The van der Waals surface area contributed by atoms with Gasteiger partial charge in [-0.2, -0.15) is 0 Å². The first-order valence-electron chi connectivity index (χ1n) is 10.5. The lowest BCUT2D eigenvalue weighted by Gasteiger charge is -2.36. The number of likely N-dealkylation sites (tertiary alicyclic amines) is 1. The molecule has 2 aliphatic rings. The van der Waals surface area contributed by atoms with Gasteiger partial charge in [-0.3, -0.25) is 19.3 Å². The molecule has 6 nitrogen and oxygen atoms in total. The van der Waals surface area contributed by atoms with Crippen LogP contribution in [0.1, 0.15) is 40.7 Å². The molecule has 2 amide bonds. The van der Waals surface area contributed by atoms with Gasteiger partial charge in [-0.1, -0.05) is 30.3 Å². The maximum absolute atomic E-state index is 12.8.